The third-order valence-electron chi connectivity index (χ3n) is 3.84. The number of nitrogens with one attached hydrogen (secondary N) is 1. The highest BCUT2D eigenvalue weighted by atomic mass is 32.2. The van der Waals surface area contributed by atoms with Gasteiger partial charge < -0.3 is 5.11 Å². The van der Waals surface area contributed by atoms with Crippen LogP contribution in [0.3, 0.4) is 0 Å². The number of hydrogen-bond donors (Lipinski definition) is 2. The van der Waals surface area contributed by atoms with Crippen LogP contribution in [0.2, 0.25) is 0 Å². The third-order valence-corrected chi connectivity index (χ3v) is 5.18. The number of carbonyl (C=O) groups is 1. The molecule has 0 aromatic carbocycles. The first-order chi connectivity index (χ1) is 9.87. The molecule has 21 heavy (non-hydrogen) atoms. The molecule has 0 bridgehead atoms. The molecule has 0 radical (unpaired) electrons. The lowest BCUT2D eigenvalue weighted by Crippen LogP contribution is -2.44. The zero-order valence-electron chi connectivity index (χ0n) is 11.4. The number of carboxylic acid groups (broad SMARTS) is 1. The fourth-order valence-corrected chi connectivity index (χ4v) is 3.69. The van der Waals surface area contributed by atoms with Gasteiger partial charge in [0.1, 0.15) is 0 Å². The second-order valence-electron chi connectivity index (χ2n) is 5.26. The lowest BCUT2D eigenvalue weighted by atomic mass is 9.74. The van der Waals surface area contributed by atoms with Gasteiger partial charge in [-0.3, -0.25) is 4.79 Å². The summed E-state index contributed by atoms with van der Waals surface area (Å²) in [7, 11) is -4.16. The van der Waals surface area contributed by atoms with Gasteiger partial charge in [-0.05, 0) is 25.0 Å². The molecule has 0 amide bonds. The van der Waals surface area contributed by atoms with Crippen LogP contribution in [0.4, 0.5) is 4.39 Å². The molecule has 116 valence electrons. The van der Waals surface area contributed by atoms with E-state index in [1.165, 1.54) is 12.3 Å². The number of sulfonamides is 1. The molecule has 0 unspecified atom stereocenters. The second-order valence-corrected chi connectivity index (χ2v) is 6.94. The number of aliphatic carboxylic acids is 1. The fraction of sp³-hybridized carbons (Fsp3) is 0.538. The summed E-state index contributed by atoms with van der Waals surface area (Å²) in [6.07, 6.45) is 4.42. The van der Waals surface area contributed by atoms with Gasteiger partial charge in [0, 0.05) is 12.7 Å². The first-order valence-corrected chi connectivity index (χ1v) is 8.19. The standard InChI is InChI=1S/C13H17FN2O4S/c14-10-5-4-8-15-11(10)21(19,20)16-9-13(12(17)18)6-2-1-3-7-13/h4-5,8,16H,1-3,6-7,9H2,(H,17,18). The van der Waals surface area contributed by atoms with Crippen molar-refractivity contribution in [3.63, 3.8) is 0 Å². The van der Waals surface area contributed by atoms with Gasteiger partial charge in [-0.1, -0.05) is 19.3 Å². The summed E-state index contributed by atoms with van der Waals surface area (Å²) in [6, 6.07) is 2.28. The Bertz CT molecular complexity index is 627. The summed E-state index contributed by atoms with van der Waals surface area (Å²) in [5, 5.41) is 8.68. The maximum atomic E-state index is 13.5. The van der Waals surface area contributed by atoms with Gasteiger partial charge in [-0.15, -0.1) is 0 Å². The highest BCUT2D eigenvalue weighted by Crippen LogP contribution is 2.36. The summed E-state index contributed by atoms with van der Waals surface area (Å²) in [5.74, 6) is -1.98. The summed E-state index contributed by atoms with van der Waals surface area (Å²) < 4.78 is 39.8. The molecule has 1 fully saturated rings. The summed E-state index contributed by atoms with van der Waals surface area (Å²) >= 11 is 0. The topological polar surface area (TPSA) is 96.4 Å². The first-order valence-electron chi connectivity index (χ1n) is 6.71. The Kier molecular flexibility index (Phi) is 4.58. The maximum Gasteiger partial charge on any atom is 0.310 e. The molecule has 0 atom stereocenters. The third kappa shape index (κ3) is 3.38. The average molecular weight is 316 g/mol. The van der Waals surface area contributed by atoms with Crippen molar-refractivity contribution in [1.82, 2.24) is 9.71 Å². The quantitative estimate of drug-likeness (QED) is 0.859. The maximum absolute atomic E-state index is 13.5. The van der Waals surface area contributed by atoms with Crippen LogP contribution >= 0.6 is 0 Å². The predicted octanol–water partition coefficient (Wildman–Crippen LogP) is 1.53. The Morgan fingerprint density at radius 1 is 1.38 bits per heavy atom. The van der Waals surface area contributed by atoms with Gasteiger partial charge in [-0.25, -0.2) is 22.5 Å². The molecule has 0 spiro atoms. The van der Waals surface area contributed by atoms with Gasteiger partial charge in [-0.2, -0.15) is 0 Å². The van der Waals surface area contributed by atoms with E-state index in [-0.39, 0.29) is 6.54 Å². The predicted molar refractivity (Wildman–Crippen MR) is 72.5 cm³/mol. The Hall–Kier alpha value is -1.54. The first kappa shape index (κ1) is 15.8. The number of halogens is 1. The van der Waals surface area contributed by atoms with E-state index in [0.717, 1.165) is 25.3 Å². The zero-order valence-corrected chi connectivity index (χ0v) is 12.2. The van der Waals surface area contributed by atoms with Crippen molar-refractivity contribution in [2.75, 3.05) is 6.54 Å². The van der Waals surface area contributed by atoms with Gasteiger partial charge >= 0.3 is 5.97 Å². The Labute approximate surface area is 122 Å². The highest BCUT2D eigenvalue weighted by Gasteiger charge is 2.40. The van der Waals surface area contributed by atoms with Crippen molar-refractivity contribution in [1.29, 1.82) is 0 Å². The van der Waals surface area contributed by atoms with E-state index >= 15 is 0 Å². The van der Waals surface area contributed by atoms with Crippen molar-refractivity contribution in [2.45, 2.75) is 37.1 Å². The molecule has 2 N–H and O–H groups in total. The molecule has 1 aromatic rings. The van der Waals surface area contributed by atoms with Crippen molar-refractivity contribution in [3.05, 3.63) is 24.1 Å². The van der Waals surface area contributed by atoms with Gasteiger partial charge in [0.15, 0.2) is 5.82 Å². The van der Waals surface area contributed by atoms with Crippen molar-refractivity contribution >= 4 is 16.0 Å². The Morgan fingerprint density at radius 2 is 2.05 bits per heavy atom. The largest absolute Gasteiger partial charge is 0.481 e. The van der Waals surface area contributed by atoms with Crippen LogP contribution in [0.15, 0.2) is 23.4 Å². The van der Waals surface area contributed by atoms with Crippen LogP contribution in [-0.2, 0) is 14.8 Å². The molecule has 1 saturated carbocycles. The molecule has 1 aliphatic rings. The zero-order chi connectivity index (χ0) is 15.5. The number of carboxylic acids is 1. The van der Waals surface area contributed by atoms with E-state index < -0.39 is 32.3 Å². The highest BCUT2D eigenvalue weighted by molar-refractivity contribution is 7.89. The molecule has 1 aromatic heterocycles. The average Bonchev–Trinajstić information content (AvgIpc) is 2.46. The van der Waals surface area contributed by atoms with Gasteiger partial charge in [0.25, 0.3) is 10.0 Å². The number of hydrogen-bond acceptors (Lipinski definition) is 4. The van der Waals surface area contributed by atoms with Gasteiger partial charge in [0.05, 0.1) is 5.41 Å². The minimum atomic E-state index is -4.16. The molecule has 1 aliphatic carbocycles. The summed E-state index contributed by atoms with van der Waals surface area (Å²) in [5.41, 5.74) is -1.11. The van der Waals surface area contributed by atoms with Crippen LogP contribution < -0.4 is 4.72 Å². The van der Waals surface area contributed by atoms with Crippen molar-refractivity contribution in [2.24, 2.45) is 5.41 Å². The lowest BCUT2D eigenvalue weighted by molar-refractivity contribution is -0.150. The molecule has 2 rings (SSSR count). The minimum Gasteiger partial charge on any atom is -0.481 e. The number of nitrogens with zero attached hydrogens (tertiary/aromatic N) is 1. The molecule has 1 heterocycles. The van der Waals surface area contributed by atoms with Crippen LogP contribution in [-0.4, -0.2) is 31.0 Å². The fourth-order valence-electron chi connectivity index (χ4n) is 2.57. The number of rotatable bonds is 5. The molecular formula is C13H17FN2O4S. The van der Waals surface area contributed by atoms with Crippen LogP contribution in [0.25, 0.3) is 0 Å². The van der Waals surface area contributed by atoms with E-state index in [9.17, 15) is 22.7 Å². The Morgan fingerprint density at radius 3 is 2.62 bits per heavy atom. The molecule has 6 nitrogen and oxygen atoms in total. The normalized spacial score (nSPS) is 18.3. The van der Waals surface area contributed by atoms with E-state index in [2.05, 4.69) is 9.71 Å². The van der Waals surface area contributed by atoms with E-state index in [1.807, 2.05) is 0 Å². The Balaban J connectivity index is 2.17. The monoisotopic (exact) mass is 316 g/mol. The molecule has 0 saturated heterocycles. The SMILES string of the molecule is O=C(O)C1(CNS(=O)(=O)c2ncccc2F)CCCCC1. The van der Waals surface area contributed by atoms with E-state index in [0.29, 0.717) is 12.8 Å². The molecule has 0 aliphatic heterocycles. The molecular weight excluding hydrogens is 299 g/mol. The van der Waals surface area contributed by atoms with Crippen LogP contribution in [0.1, 0.15) is 32.1 Å². The number of aromatic nitrogens is 1. The molecule has 8 heteroatoms. The summed E-state index contributed by atoms with van der Waals surface area (Å²) in [4.78, 5) is 15.0. The van der Waals surface area contributed by atoms with Crippen molar-refractivity contribution < 1.29 is 22.7 Å². The van der Waals surface area contributed by atoms with Gasteiger partial charge in [0.2, 0.25) is 5.03 Å². The second kappa shape index (κ2) is 6.07. The summed E-state index contributed by atoms with van der Waals surface area (Å²) in [6.45, 7) is -0.249. The van der Waals surface area contributed by atoms with E-state index in [4.69, 9.17) is 0 Å². The lowest BCUT2D eigenvalue weighted by Gasteiger charge is -2.33. The van der Waals surface area contributed by atoms with Crippen molar-refractivity contribution in [3.8, 4) is 0 Å². The van der Waals surface area contributed by atoms with E-state index in [1.54, 1.807) is 0 Å². The minimum absolute atomic E-state index is 0.249. The van der Waals surface area contributed by atoms with Crippen LogP contribution in [0, 0.1) is 11.2 Å². The number of pyridine rings is 1. The smallest absolute Gasteiger partial charge is 0.310 e. The van der Waals surface area contributed by atoms with Crippen LogP contribution in [0.5, 0.6) is 0 Å².